The van der Waals surface area contributed by atoms with Gasteiger partial charge in [0.15, 0.2) is 6.04 Å². The molecule has 1 N–H and O–H groups in total. The Kier molecular flexibility index (Phi) is 9.03. The number of halogens is 6. The summed E-state index contributed by atoms with van der Waals surface area (Å²) in [6.45, 7) is 2.67. The van der Waals surface area contributed by atoms with E-state index in [0.717, 1.165) is 12.3 Å². The molecule has 3 unspecified atom stereocenters. The number of fused-ring (bicyclic) bond motifs is 1. The van der Waals surface area contributed by atoms with Crippen LogP contribution in [0.2, 0.25) is 0 Å². The summed E-state index contributed by atoms with van der Waals surface area (Å²) in [6, 6.07) is -5.60. The van der Waals surface area contributed by atoms with E-state index in [9.17, 15) is 31.1 Å². The molecule has 1 saturated heterocycles. The molecule has 3 aromatic rings. The highest BCUT2D eigenvalue weighted by Gasteiger charge is 2.49. The van der Waals surface area contributed by atoms with Crippen LogP contribution in [0.5, 0.6) is 11.6 Å². The van der Waals surface area contributed by atoms with Crippen molar-refractivity contribution in [3.63, 3.8) is 0 Å². The zero-order valence-electron chi connectivity index (χ0n) is 23.2. The van der Waals surface area contributed by atoms with Crippen LogP contribution in [-0.2, 0) is 4.74 Å². The molecule has 0 spiro atoms. The zero-order valence-corrected chi connectivity index (χ0v) is 23.2. The molecule has 0 aromatic carbocycles. The molecule has 4 rings (SSSR count). The third-order valence-corrected chi connectivity index (χ3v) is 6.82. The van der Waals surface area contributed by atoms with Crippen LogP contribution in [0.1, 0.15) is 43.6 Å². The minimum absolute atomic E-state index is 0.0617. The number of methoxy groups -OCH3 is 2. The highest BCUT2D eigenvalue weighted by molar-refractivity contribution is 5.76. The molecule has 4 heterocycles. The quantitative estimate of drug-likeness (QED) is 0.333. The van der Waals surface area contributed by atoms with Crippen LogP contribution >= 0.6 is 0 Å². The number of aryl methyl sites for hydroxylation is 1. The van der Waals surface area contributed by atoms with Crippen LogP contribution in [0.4, 0.5) is 31.1 Å². The summed E-state index contributed by atoms with van der Waals surface area (Å²) >= 11 is 0. The Morgan fingerprint density at radius 2 is 1.90 bits per heavy atom. The van der Waals surface area contributed by atoms with Gasteiger partial charge in [-0.3, -0.25) is 4.98 Å². The molecule has 0 bridgehead atoms. The lowest BCUT2D eigenvalue weighted by Gasteiger charge is -2.34. The van der Waals surface area contributed by atoms with Crippen LogP contribution in [0.3, 0.4) is 0 Å². The van der Waals surface area contributed by atoms with E-state index < -0.39 is 55.2 Å². The molecule has 10 nitrogen and oxygen atoms in total. The lowest BCUT2D eigenvalue weighted by atomic mass is 10.1. The molecule has 1 aliphatic rings. The van der Waals surface area contributed by atoms with Crippen LogP contribution in [0.15, 0.2) is 24.7 Å². The van der Waals surface area contributed by atoms with Crippen molar-refractivity contribution in [3.05, 3.63) is 36.0 Å². The number of carbonyl (C=O) groups excluding carboxylic acids is 1. The van der Waals surface area contributed by atoms with Crippen LogP contribution in [0, 0.1) is 6.92 Å². The molecule has 0 aliphatic carbocycles. The first-order chi connectivity index (χ1) is 19.8. The lowest BCUT2D eigenvalue weighted by Crippen LogP contribution is -2.54. The fourth-order valence-electron chi connectivity index (χ4n) is 4.88. The van der Waals surface area contributed by atoms with Crippen molar-refractivity contribution >= 4 is 11.7 Å². The smallest absolute Gasteiger partial charge is 0.414 e. The Labute approximate surface area is 237 Å². The predicted molar refractivity (Wildman–Crippen MR) is 137 cm³/mol. The second kappa shape index (κ2) is 12.2. The van der Waals surface area contributed by atoms with E-state index in [-0.39, 0.29) is 34.4 Å². The number of amides is 2. The van der Waals surface area contributed by atoms with E-state index in [2.05, 4.69) is 15.0 Å². The standard InChI is InChI=1S/C26H30F6N6O4/c1-5-38(24(39)36-20(25(27,28)29)9-15-7-6-8-42-15)21(26(30,31)32)17-10-16(19(40-3)11-33-17)18-13-37-12-14(2)34-22(37)23(35-18)41-4/h10-13,15,20-21H,5-9H2,1-4H3,(H,36,39). The average Bonchev–Trinajstić information content (AvgIpc) is 3.57. The number of alkyl halides is 6. The summed E-state index contributed by atoms with van der Waals surface area (Å²) in [5.74, 6) is 0.152. The van der Waals surface area contributed by atoms with Crippen molar-refractivity contribution in [2.75, 3.05) is 27.4 Å². The number of hydrogen-bond donors (Lipinski definition) is 1. The minimum atomic E-state index is -5.11. The van der Waals surface area contributed by atoms with Gasteiger partial charge in [-0.05, 0) is 32.8 Å². The SMILES string of the molecule is CCN(C(=O)NC(CC1CCCO1)C(F)(F)F)C(c1cc(-c2cn3cc(C)nc3c(OC)n2)c(OC)cn1)C(F)(F)F. The molecule has 230 valence electrons. The summed E-state index contributed by atoms with van der Waals surface area (Å²) in [7, 11) is 2.64. The van der Waals surface area contributed by atoms with Crippen LogP contribution in [0.25, 0.3) is 16.9 Å². The minimum Gasteiger partial charge on any atom is -0.494 e. The Balaban J connectivity index is 1.74. The Bertz CT molecular complexity index is 1410. The molecular weight excluding hydrogens is 574 g/mol. The van der Waals surface area contributed by atoms with E-state index >= 15 is 0 Å². The number of carbonyl (C=O) groups is 1. The molecule has 0 saturated carbocycles. The first kappa shape index (κ1) is 31.1. The van der Waals surface area contributed by atoms with Crippen molar-refractivity contribution in [2.24, 2.45) is 0 Å². The fraction of sp³-hybridized carbons (Fsp3) is 0.538. The molecule has 42 heavy (non-hydrogen) atoms. The predicted octanol–water partition coefficient (Wildman–Crippen LogP) is 5.25. The van der Waals surface area contributed by atoms with Gasteiger partial charge in [-0.25, -0.2) is 14.8 Å². The fourth-order valence-corrected chi connectivity index (χ4v) is 4.88. The first-order valence-corrected chi connectivity index (χ1v) is 13.0. The van der Waals surface area contributed by atoms with Crippen molar-refractivity contribution in [1.82, 2.24) is 29.6 Å². The van der Waals surface area contributed by atoms with Crippen LogP contribution < -0.4 is 14.8 Å². The largest absolute Gasteiger partial charge is 0.494 e. The maximum Gasteiger partial charge on any atom is 0.414 e. The van der Waals surface area contributed by atoms with Gasteiger partial charge < -0.3 is 28.8 Å². The van der Waals surface area contributed by atoms with Crippen LogP contribution in [-0.4, -0.2) is 82.2 Å². The second-order valence-electron chi connectivity index (χ2n) is 9.70. The molecule has 16 heteroatoms. The number of aromatic nitrogens is 4. The number of rotatable bonds is 9. The number of ether oxygens (including phenoxy) is 3. The topological polar surface area (TPSA) is 103 Å². The normalized spacial score (nSPS) is 17.2. The zero-order chi connectivity index (χ0) is 30.8. The van der Waals surface area contributed by atoms with Gasteiger partial charge in [0.05, 0.1) is 43.6 Å². The van der Waals surface area contributed by atoms with E-state index in [0.29, 0.717) is 24.2 Å². The van der Waals surface area contributed by atoms with Gasteiger partial charge in [0.25, 0.3) is 5.88 Å². The number of nitrogens with one attached hydrogen (secondary N) is 1. The van der Waals surface area contributed by atoms with Crippen molar-refractivity contribution in [1.29, 1.82) is 0 Å². The summed E-state index contributed by atoms with van der Waals surface area (Å²) in [6.07, 6.45) is -6.29. The highest BCUT2D eigenvalue weighted by Crippen LogP contribution is 2.40. The third-order valence-electron chi connectivity index (χ3n) is 6.82. The van der Waals surface area contributed by atoms with Crippen molar-refractivity contribution < 1.29 is 45.3 Å². The van der Waals surface area contributed by atoms with E-state index in [4.69, 9.17) is 14.2 Å². The lowest BCUT2D eigenvalue weighted by molar-refractivity contribution is -0.181. The van der Waals surface area contributed by atoms with Gasteiger partial charge >= 0.3 is 18.4 Å². The highest BCUT2D eigenvalue weighted by atomic mass is 19.4. The Morgan fingerprint density at radius 3 is 2.48 bits per heavy atom. The van der Waals surface area contributed by atoms with E-state index in [1.54, 1.807) is 22.8 Å². The number of imidazole rings is 1. The molecular formula is C26H30F6N6O4. The summed E-state index contributed by atoms with van der Waals surface area (Å²) in [4.78, 5) is 25.9. The second-order valence-corrected chi connectivity index (χ2v) is 9.70. The molecule has 1 fully saturated rings. The van der Waals surface area contributed by atoms with Crippen molar-refractivity contribution in [3.8, 4) is 22.9 Å². The van der Waals surface area contributed by atoms with Gasteiger partial charge in [0.1, 0.15) is 11.8 Å². The van der Waals surface area contributed by atoms with Gasteiger partial charge in [-0.1, -0.05) is 0 Å². The molecule has 3 aromatic heterocycles. The van der Waals surface area contributed by atoms with E-state index in [1.165, 1.54) is 27.3 Å². The maximum absolute atomic E-state index is 14.6. The monoisotopic (exact) mass is 604 g/mol. The first-order valence-electron chi connectivity index (χ1n) is 13.0. The van der Waals surface area contributed by atoms with E-state index in [1.807, 2.05) is 0 Å². The Hall–Kier alpha value is -3.82. The van der Waals surface area contributed by atoms with Gasteiger partial charge in [0, 0.05) is 37.5 Å². The van der Waals surface area contributed by atoms with Crippen molar-refractivity contribution in [2.45, 2.75) is 63.7 Å². The molecule has 0 radical (unpaired) electrons. The third kappa shape index (κ3) is 6.63. The summed E-state index contributed by atoms with van der Waals surface area (Å²) in [5.41, 5.74) is 0.565. The molecule has 3 atom stereocenters. The summed E-state index contributed by atoms with van der Waals surface area (Å²) < 4.78 is 103. The number of nitrogens with zero attached hydrogens (tertiary/aromatic N) is 5. The Morgan fingerprint density at radius 1 is 1.17 bits per heavy atom. The number of hydrogen-bond acceptors (Lipinski definition) is 7. The maximum atomic E-state index is 14.6. The molecule has 2 amide bonds. The number of urea groups is 1. The average molecular weight is 605 g/mol. The van der Waals surface area contributed by atoms with Gasteiger partial charge in [-0.2, -0.15) is 26.3 Å². The number of pyridine rings is 1. The summed E-state index contributed by atoms with van der Waals surface area (Å²) in [5, 5.41) is 1.75. The molecule has 1 aliphatic heterocycles. The van der Waals surface area contributed by atoms with Gasteiger partial charge in [0.2, 0.25) is 5.65 Å². The van der Waals surface area contributed by atoms with Gasteiger partial charge in [-0.15, -0.1) is 0 Å².